The van der Waals surface area contributed by atoms with Gasteiger partial charge in [0.2, 0.25) is 0 Å². The zero-order valence-electron chi connectivity index (χ0n) is 18.9. The van der Waals surface area contributed by atoms with E-state index in [0.717, 1.165) is 15.6 Å². The van der Waals surface area contributed by atoms with Gasteiger partial charge in [-0.05, 0) is 35.9 Å². The third kappa shape index (κ3) is 4.65. The van der Waals surface area contributed by atoms with Gasteiger partial charge in [0, 0.05) is 31.4 Å². The number of anilines is 1. The second-order valence-corrected chi connectivity index (χ2v) is 10.1. The van der Waals surface area contributed by atoms with Crippen molar-refractivity contribution in [2.45, 2.75) is 0 Å². The van der Waals surface area contributed by atoms with Crippen molar-refractivity contribution in [1.82, 2.24) is 4.98 Å². The number of para-hydroxylation sites is 1. The highest BCUT2D eigenvalue weighted by molar-refractivity contribution is 9.10. The Bertz CT molecular complexity index is 1620. The maximum Gasteiger partial charge on any atom is 0.341 e. The monoisotopic (exact) mass is 576 g/mol. The van der Waals surface area contributed by atoms with Crippen LogP contribution in [0.1, 0.15) is 20.7 Å². The first kappa shape index (κ1) is 24.2. The number of thiophene rings is 1. The standard InChI is InChI=1S/C28H18BrClN2O3S/c1-35-28(34)25-21(16-10-12-17(29)13-11-16)15-36-27(25)32-26(33)20-14-24(19-7-2-4-8-22(19)30)31-23-9-5-3-6-18(20)23/h2-15H,1H3,(H,32,33). The summed E-state index contributed by atoms with van der Waals surface area (Å²) in [6.07, 6.45) is 0. The highest BCUT2D eigenvalue weighted by Gasteiger charge is 2.24. The molecule has 0 atom stereocenters. The number of ether oxygens (including phenoxy) is 1. The van der Waals surface area contributed by atoms with Crippen LogP contribution in [0.2, 0.25) is 5.02 Å². The molecule has 0 saturated carbocycles. The molecular weight excluding hydrogens is 560 g/mol. The molecule has 0 unspecified atom stereocenters. The Labute approximate surface area is 224 Å². The van der Waals surface area contributed by atoms with Crippen LogP contribution in [0.15, 0.2) is 88.7 Å². The molecule has 0 bridgehead atoms. The minimum atomic E-state index is -0.527. The molecule has 3 aromatic carbocycles. The van der Waals surface area contributed by atoms with E-state index in [9.17, 15) is 9.59 Å². The smallest absolute Gasteiger partial charge is 0.341 e. The van der Waals surface area contributed by atoms with Gasteiger partial charge in [-0.3, -0.25) is 4.79 Å². The minimum absolute atomic E-state index is 0.308. The molecule has 0 aliphatic carbocycles. The molecule has 5 aromatic rings. The van der Waals surface area contributed by atoms with Crippen LogP contribution in [-0.4, -0.2) is 24.0 Å². The normalized spacial score (nSPS) is 10.9. The van der Waals surface area contributed by atoms with Crippen LogP contribution >= 0.6 is 38.9 Å². The van der Waals surface area contributed by atoms with E-state index < -0.39 is 5.97 Å². The summed E-state index contributed by atoms with van der Waals surface area (Å²) in [5, 5.41) is 6.41. The molecule has 0 saturated heterocycles. The molecule has 0 aliphatic rings. The fraction of sp³-hybridized carbons (Fsp3) is 0.0357. The number of nitrogens with zero attached hydrogens (tertiary/aromatic N) is 1. The predicted molar refractivity (Wildman–Crippen MR) is 149 cm³/mol. The third-order valence-corrected chi connectivity index (χ3v) is 7.43. The number of pyridine rings is 1. The van der Waals surface area contributed by atoms with E-state index in [1.54, 1.807) is 12.1 Å². The maximum atomic E-state index is 13.6. The predicted octanol–water partition coefficient (Wildman–Crippen LogP) is 8.09. The SMILES string of the molecule is COC(=O)c1c(-c2ccc(Br)cc2)csc1NC(=O)c1cc(-c2ccccc2Cl)nc2ccccc12. The van der Waals surface area contributed by atoms with E-state index in [0.29, 0.717) is 43.3 Å². The number of halogens is 2. The van der Waals surface area contributed by atoms with Gasteiger partial charge in [-0.15, -0.1) is 11.3 Å². The average Bonchev–Trinajstić information content (AvgIpc) is 3.31. The topological polar surface area (TPSA) is 68.3 Å². The summed E-state index contributed by atoms with van der Waals surface area (Å²) >= 11 is 11.1. The number of rotatable bonds is 5. The molecule has 1 N–H and O–H groups in total. The Hall–Kier alpha value is -3.52. The van der Waals surface area contributed by atoms with Crippen molar-refractivity contribution in [3.05, 3.63) is 105 Å². The maximum absolute atomic E-state index is 13.6. The molecular formula is C28H18BrClN2O3S. The Morgan fingerprint density at radius 1 is 0.972 bits per heavy atom. The second kappa shape index (κ2) is 10.2. The van der Waals surface area contributed by atoms with Crippen LogP contribution in [0.5, 0.6) is 0 Å². The van der Waals surface area contributed by atoms with Crippen molar-refractivity contribution < 1.29 is 14.3 Å². The molecule has 178 valence electrons. The molecule has 36 heavy (non-hydrogen) atoms. The van der Waals surface area contributed by atoms with Crippen LogP contribution < -0.4 is 5.32 Å². The zero-order chi connectivity index (χ0) is 25.2. The van der Waals surface area contributed by atoms with E-state index in [-0.39, 0.29) is 5.91 Å². The van der Waals surface area contributed by atoms with Gasteiger partial charge in [0.05, 0.1) is 23.9 Å². The lowest BCUT2D eigenvalue weighted by molar-refractivity contribution is 0.0603. The van der Waals surface area contributed by atoms with Crippen LogP contribution in [-0.2, 0) is 4.74 Å². The van der Waals surface area contributed by atoms with Crippen LogP contribution in [0.25, 0.3) is 33.3 Å². The van der Waals surface area contributed by atoms with Gasteiger partial charge in [0.1, 0.15) is 10.6 Å². The minimum Gasteiger partial charge on any atom is -0.465 e. The molecule has 8 heteroatoms. The van der Waals surface area contributed by atoms with Crippen molar-refractivity contribution in [1.29, 1.82) is 0 Å². The van der Waals surface area contributed by atoms with Crippen molar-refractivity contribution in [3.63, 3.8) is 0 Å². The lowest BCUT2D eigenvalue weighted by atomic mass is 10.0. The number of aromatic nitrogens is 1. The Kier molecular flexibility index (Phi) is 6.87. The first-order valence-corrected chi connectivity index (χ1v) is 12.9. The van der Waals surface area contributed by atoms with Gasteiger partial charge in [-0.2, -0.15) is 0 Å². The summed E-state index contributed by atoms with van der Waals surface area (Å²) in [6, 6.07) is 24.1. The number of nitrogens with one attached hydrogen (secondary N) is 1. The summed E-state index contributed by atoms with van der Waals surface area (Å²) in [7, 11) is 1.32. The molecule has 0 radical (unpaired) electrons. The summed E-state index contributed by atoms with van der Waals surface area (Å²) < 4.78 is 5.98. The average molecular weight is 578 g/mol. The van der Waals surface area contributed by atoms with Crippen LogP contribution in [0, 0.1) is 0 Å². The second-order valence-electron chi connectivity index (χ2n) is 7.86. The van der Waals surface area contributed by atoms with Crippen molar-refractivity contribution in [3.8, 4) is 22.4 Å². The van der Waals surface area contributed by atoms with Gasteiger partial charge < -0.3 is 10.1 Å². The number of benzene rings is 3. The largest absolute Gasteiger partial charge is 0.465 e. The number of amides is 1. The summed E-state index contributed by atoms with van der Waals surface area (Å²) in [6.45, 7) is 0. The van der Waals surface area contributed by atoms with Gasteiger partial charge in [0.25, 0.3) is 5.91 Å². The number of hydrogen-bond acceptors (Lipinski definition) is 5. The molecule has 2 heterocycles. The highest BCUT2D eigenvalue weighted by atomic mass is 79.9. The van der Waals surface area contributed by atoms with E-state index in [2.05, 4.69) is 21.2 Å². The van der Waals surface area contributed by atoms with Crippen LogP contribution in [0.4, 0.5) is 5.00 Å². The number of methoxy groups -OCH3 is 1. The van der Waals surface area contributed by atoms with Gasteiger partial charge in [-0.25, -0.2) is 9.78 Å². The van der Waals surface area contributed by atoms with Crippen molar-refractivity contribution in [2.24, 2.45) is 0 Å². The quantitative estimate of drug-likeness (QED) is 0.214. The molecule has 0 fully saturated rings. The Balaban J connectivity index is 1.59. The molecule has 5 nitrogen and oxygen atoms in total. The first-order chi connectivity index (χ1) is 17.5. The highest BCUT2D eigenvalue weighted by Crippen LogP contribution is 2.37. The lowest BCUT2D eigenvalue weighted by Gasteiger charge is -2.12. The molecule has 0 spiro atoms. The van der Waals surface area contributed by atoms with Crippen molar-refractivity contribution in [2.75, 3.05) is 12.4 Å². The van der Waals surface area contributed by atoms with Gasteiger partial charge in [0.15, 0.2) is 0 Å². The number of carbonyl (C=O) groups is 2. The Morgan fingerprint density at radius 3 is 2.44 bits per heavy atom. The Morgan fingerprint density at radius 2 is 1.69 bits per heavy atom. The molecule has 0 aliphatic heterocycles. The fourth-order valence-corrected chi connectivity index (χ4v) is 5.39. The summed E-state index contributed by atoms with van der Waals surface area (Å²) in [4.78, 5) is 31.1. The summed E-state index contributed by atoms with van der Waals surface area (Å²) in [5.41, 5.74) is 4.22. The van der Waals surface area contributed by atoms with E-state index >= 15 is 0 Å². The molecule has 5 rings (SSSR count). The lowest BCUT2D eigenvalue weighted by Crippen LogP contribution is -2.15. The number of hydrogen-bond donors (Lipinski definition) is 1. The number of esters is 1. The summed E-state index contributed by atoms with van der Waals surface area (Å²) in [5.74, 6) is -0.892. The van der Waals surface area contributed by atoms with E-state index in [1.165, 1.54) is 18.4 Å². The number of fused-ring (bicyclic) bond motifs is 1. The van der Waals surface area contributed by atoms with Gasteiger partial charge >= 0.3 is 5.97 Å². The number of carbonyl (C=O) groups excluding carboxylic acids is 2. The first-order valence-electron chi connectivity index (χ1n) is 10.9. The third-order valence-electron chi connectivity index (χ3n) is 5.67. The molecule has 1 amide bonds. The molecule has 2 aromatic heterocycles. The van der Waals surface area contributed by atoms with Crippen molar-refractivity contribution >= 4 is 66.6 Å². The fourth-order valence-electron chi connectivity index (χ4n) is 3.94. The van der Waals surface area contributed by atoms with E-state index in [4.69, 9.17) is 21.3 Å². The van der Waals surface area contributed by atoms with Gasteiger partial charge in [-0.1, -0.05) is 76.1 Å². The zero-order valence-corrected chi connectivity index (χ0v) is 22.1. The van der Waals surface area contributed by atoms with E-state index in [1.807, 2.05) is 72.1 Å². The van der Waals surface area contributed by atoms with Crippen LogP contribution in [0.3, 0.4) is 0 Å².